The molecule has 0 aromatic heterocycles. The lowest BCUT2D eigenvalue weighted by atomic mass is 10.1. The van der Waals surface area contributed by atoms with Crippen LogP contribution in [-0.2, 0) is 4.74 Å². The second-order valence-corrected chi connectivity index (χ2v) is 4.11. The van der Waals surface area contributed by atoms with Gasteiger partial charge in [0.25, 0.3) is 5.92 Å². The normalized spacial score (nSPS) is 13.4. The van der Waals surface area contributed by atoms with Crippen LogP contribution in [0.1, 0.15) is 33.6 Å². The van der Waals surface area contributed by atoms with E-state index in [-0.39, 0.29) is 31.6 Å². The zero-order chi connectivity index (χ0) is 10.5. The second-order valence-electron chi connectivity index (χ2n) is 4.11. The van der Waals surface area contributed by atoms with E-state index in [1.54, 1.807) is 0 Å². The number of hydrogen-bond acceptors (Lipinski definition) is 2. The van der Waals surface area contributed by atoms with Crippen LogP contribution < -0.4 is 5.73 Å². The lowest BCUT2D eigenvalue weighted by Gasteiger charge is -2.22. The Morgan fingerprint density at radius 3 is 2.08 bits per heavy atom. The number of hydrogen-bond donors (Lipinski definition) is 1. The van der Waals surface area contributed by atoms with Crippen LogP contribution in [0.2, 0.25) is 0 Å². The van der Waals surface area contributed by atoms with Gasteiger partial charge >= 0.3 is 0 Å². The molecule has 0 radical (unpaired) electrons. The summed E-state index contributed by atoms with van der Waals surface area (Å²) < 4.78 is 30.9. The van der Waals surface area contributed by atoms with E-state index in [0.717, 1.165) is 0 Å². The molecule has 0 heterocycles. The zero-order valence-electron chi connectivity index (χ0n) is 8.57. The van der Waals surface area contributed by atoms with Crippen LogP contribution in [0, 0.1) is 0 Å². The highest BCUT2D eigenvalue weighted by Gasteiger charge is 2.27. The Morgan fingerprint density at radius 2 is 1.69 bits per heavy atom. The average molecular weight is 195 g/mol. The Hall–Kier alpha value is -0.220. The summed E-state index contributed by atoms with van der Waals surface area (Å²) >= 11 is 0. The molecule has 0 aromatic rings. The van der Waals surface area contributed by atoms with E-state index < -0.39 is 5.92 Å². The van der Waals surface area contributed by atoms with Crippen molar-refractivity contribution in [3.8, 4) is 0 Å². The molecule has 2 N–H and O–H groups in total. The molecule has 0 saturated carbocycles. The number of ether oxygens (including phenoxy) is 1. The molecular formula is C9H19F2NO. The van der Waals surface area contributed by atoms with E-state index in [9.17, 15) is 8.78 Å². The van der Waals surface area contributed by atoms with Gasteiger partial charge in [-0.2, -0.15) is 0 Å². The van der Waals surface area contributed by atoms with Gasteiger partial charge in [-0.05, 0) is 27.3 Å². The maximum absolute atomic E-state index is 12.8. The van der Waals surface area contributed by atoms with Gasteiger partial charge in [0.1, 0.15) is 0 Å². The summed E-state index contributed by atoms with van der Waals surface area (Å²) in [6.07, 6.45) is -0.512. The molecule has 0 saturated heterocycles. The van der Waals surface area contributed by atoms with Gasteiger partial charge < -0.3 is 10.5 Å². The first kappa shape index (κ1) is 12.8. The molecule has 0 rings (SSSR count). The predicted molar refractivity (Wildman–Crippen MR) is 48.9 cm³/mol. The van der Waals surface area contributed by atoms with Gasteiger partial charge in [0.05, 0.1) is 12.2 Å². The van der Waals surface area contributed by atoms with Crippen molar-refractivity contribution in [2.45, 2.75) is 45.1 Å². The van der Waals surface area contributed by atoms with Crippen molar-refractivity contribution in [3.63, 3.8) is 0 Å². The van der Waals surface area contributed by atoms with E-state index in [1.165, 1.54) is 0 Å². The van der Waals surface area contributed by atoms with E-state index in [2.05, 4.69) is 0 Å². The fourth-order valence-corrected chi connectivity index (χ4v) is 0.843. The third-order valence-electron chi connectivity index (χ3n) is 1.51. The van der Waals surface area contributed by atoms with Crippen molar-refractivity contribution < 1.29 is 13.5 Å². The largest absolute Gasteiger partial charge is 0.376 e. The average Bonchev–Trinajstić information content (AvgIpc) is 1.82. The Labute approximate surface area is 78.4 Å². The summed E-state index contributed by atoms with van der Waals surface area (Å²) in [6, 6.07) is 0. The highest BCUT2D eigenvalue weighted by Crippen LogP contribution is 2.22. The van der Waals surface area contributed by atoms with Gasteiger partial charge in [-0.1, -0.05) is 0 Å². The second kappa shape index (κ2) is 4.86. The molecule has 80 valence electrons. The summed E-state index contributed by atoms with van der Waals surface area (Å²) in [7, 11) is 0. The number of rotatable bonds is 5. The SMILES string of the molecule is CC(C)(C)OCCC(F)(F)CCN. The Balaban J connectivity index is 3.63. The molecule has 13 heavy (non-hydrogen) atoms. The van der Waals surface area contributed by atoms with E-state index in [1.807, 2.05) is 20.8 Å². The van der Waals surface area contributed by atoms with Crippen LogP contribution in [0.15, 0.2) is 0 Å². The molecule has 0 aliphatic carbocycles. The Kier molecular flexibility index (Phi) is 4.78. The standard InChI is InChI=1S/C9H19F2NO/c1-8(2,3)13-7-5-9(10,11)4-6-12/h4-7,12H2,1-3H3. The van der Waals surface area contributed by atoms with E-state index >= 15 is 0 Å². The van der Waals surface area contributed by atoms with Crippen molar-refractivity contribution in [3.05, 3.63) is 0 Å². The predicted octanol–water partition coefficient (Wildman–Crippen LogP) is 2.18. The maximum Gasteiger partial charge on any atom is 0.251 e. The van der Waals surface area contributed by atoms with Crippen LogP contribution in [0.5, 0.6) is 0 Å². The summed E-state index contributed by atoms with van der Waals surface area (Å²) in [6.45, 7) is 5.62. The maximum atomic E-state index is 12.8. The molecule has 0 amide bonds. The van der Waals surface area contributed by atoms with Crippen LogP contribution in [0.4, 0.5) is 8.78 Å². The van der Waals surface area contributed by atoms with E-state index in [0.29, 0.717) is 0 Å². The first-order valence-corrected chi connectivity index (χ1v) is 4.49. The van der Waals surface area contributed by atoms with Crippen molar-refractivity contribution in [2.75, 3.05) is 13.2 Å². The monoisotopic (exact) mass is 195 g/mol. The topological polar surface area (TPSA) is 35.2 Å². The van der Waals surface area contributed by atoms with Gasteiger partial charge in [0.15, 0.2) is 0 Å². The summed E-state index contributed by atoms with van der Waals surface area (Å²) in [5, 5.41) is 0. The molecule has 0 fully saturated rings. The third kappa shape index (κ3) is 8.12. The summed E-state index contributed by atoms with van der Waals surface area (Å²) in [4.78, 5) is 0. The highest BCUT2D eigenvalue weighted by atomic mass is 19.3. The van der Waals surface area contributed by atoms with Crippen molar-refractivity contribution in [1.29, 1.82) is 0 Å². The van der Waals surface area contributed by atoms with E-state index in [4.69, 9.17) is 10.5 Å². The first-order valence-electron chi connectivity index (χ1n) is 4.49. The molecule has 0 spiro atoms. The molecule has 4 heteroatoms. The smallest absolute Gasteiger partial charge is 0.251 e. The molecular weight excluding hydrogens is 176 g/mol. The van der Waals surface area contributed by atoms with Crippen molar-refractivity contribution in [2.24, 2.45) is 5.73 Å². The van der Waals surface area contributed by atoms with Gasteiger partial charge in [-0.3, -0.25) is 0 Å². The number of nitrogens with two attached hydrogens (primary N) is 1. The van der Waals surface area contributed by atoms with Crippen LogP contribution in [0.25, 0.3) is 0 Å². The number of halogens is 2. The van der Waals surface area contributed by atoms with Crippen LogP contribution in [0.3, 0.4) is 0 Å². The Morgan fingerprint density at radius 1 is 1.15 bits per heavy atom. The lowest BCUT2D eigenvalue weighted by molar-refractivity contribution is -0.0687. The molecule has 0 bridgehead atoms. The summed E-state index contributed by atoms with van der Waals surface area (Å²) in [5.41, 5.74) is 4.70. The minimum absolute atomic E-state index is 0.0164. The zero-order valence-corrected chi connectivity index (χ0v) is 8.57. The molecule has 0 atom stereocenters. The third-order valence-corrected chi connectivity index (χ3v) is 1.51. The van der Waals surface area contributed by atoms with Crippen molar-refractivity contribution >= 4 is 0 Å². The molecule has 0 aliphatic heterocycles. The molecule has 0 unspecified atom stereocenters. The molecule has 0 aromatic carbocycles. The fourth-order valence-electron chi connectivity index (χ4n) is 0.843. The fraction of sp³-hybridized carbons (Fsp3) is 1.00. The Bertz CT molecular complexity index is 143. The molecule has 2 nitrogen and oxygen atoms in total. The highest BCUT2D eigenvalue weighted by molar-refractivity contribution is 4.67. The quantitative estimate of drug-likeness (QED) is 0.729. The lowest BCUT2D eigenvalue weighted by Crippen LogP contribution is -2.26. The van der Waals surface area contributed by atoms with Crippen LogP contribution >= 0.6 is 0 Å². The summed E-state index contributed by atoms with van der Waals surface area (Å²) in [5.74, 6) is -2.68. The molecule has 0 aliphatic rings. The van der Waals surface area contributed by atoms with Crippen LogP contribution in [-0.4, -0.2) is 24.7 Å². The van der Waals surface area contributed by atoms with Crippen molar-refractivity contribution in [1.82, 2.24) is 0 Å². The van der Waals surface area contributed by atoms with Gasteiger partial charge in [0, 0.05) is 12.8 Å². The number of alkyl halides is 2. The van der Waals surface area contributed by atoms with Gasteiger partial charge in [-0.25, -0.2) is 8.78 Å². The minimum atomic E-state index is -2.68. The van der Waals surface area contributed by atoms with Gasteiger partial charge in [-0.15, -0.1) is 0 Å². The van der Waals surface area contributed by atoms with Gasteiger partial charge in [0.2, 0.25) is 0 Å². The first-order chi connectivity index (χ1) is 5.77. The minimum Gasteiger partial charge on any atom is -0.376 e.